The van der Waals surface area contributed by atoms with E-state index in [2.05, 4.69) is 0 Å². The van der Waals surface area contributed by atoms with Gasteiger partial charge >= 0.3 is 15.2 Å². The van der Waals surface area contributed by atoms with Crippen molar-refractivity contribution in [3.8, 4) is 5.75 Å². The van der Waals surface area contributed by atoms with Gasteiger partial charge in [0.25, 0.3) is 5.08 Å². The Balaban J connectivity index is 2.44. The monoisotopic (exact) mass is 472 g/mol. The molecule has 0 spiro atoms. The third-order valence-corrected chi connectivity index (χ3v) is 10.0. The van der Waals surface area contributed by atoms with Crippen molar-refractivity contribution in [2.45, 2.75) is 55.0 Å². The lowest BCUT2D eigenvalue weighted by Gasteiger charge is -2.41. The highest BCUT2D eigenvalue weighted by Crippen LogP contribution is 2.72. The van der Waals surface area contributed by atoms with Crippen LogP contribution < -0.4 is 4.74 Å². The summed E-state index contributed by atoms with van der Waals surface area (Å²) in [6, 6.07) is 5.48. The molecule has 160 valence electrons. The third-order valence-electron chi connectivity index (χ3n) is 4.13. The molecule has 1 unspecified atom stereocenters. The van der Waals surface area contributed by atoms with Crippen LogP contribution in [0.5, 0.6) is 5.75 Å². The highest BCUT2D eigenvalue weighted by molar-refractivity contribution is 7.94. The van der Waals surface area contributed by atoms with E-state index in [-0.39, 0.29) is 0 Å². The number of hydrogen-bond donors (Lipinski definition) is 4. The second-order valence-electron chi connectivity index (χ2n) is 7.52. The normalized spacial score (nSPS) is 18.5. The van der Waals surface area contributed by atoms with Gasteiger partial charge in [-0.15, -0.1) is 0 Å². The summed E-state index contributed by atoms with van der Waals surface area (Å²) in [4.78, 5) is 40.4. The van der Waals surface area contributed by atoms with Gasteiger partial charge in [0.05, 0.1) is 12.0 Å². The molecule has 1 aromatic rings. The minimum atomic E-state index is -5.36. The van der Waals surface area contributed by atoms with Crippen LogP contribution in [0.2, 0.25) is 19.6 Å². The summed E-state index contributed by atoms with van der Waals surface area (Å²) in [6.07, 6.45) is -0.603. The quantitative estimate of drug-likeness (QED) is 0.253. The van der Waals surface area contributed by atoms with E-state index < -0.39 is 41.1 Å². The first kappa shape index (κ1) is 24.1. The second kappa shape index (κ2) is 8.51. The van der Waals surface area contributed by atoms with Gasteiger partial charge in [-0.2, -0.15) is 0 Å². The predicted molar refractivity (Wildman–Crippen MR) is 108 cm³/mol. The molecule has 1 aliphatic rings. The average molecular weight is 472 g/mol. The maximum atomic E-state index is 12.3. The summed E-state index contributed by atoms with van der Waals surface area (Å²) in [5.41, 5.74) is 0.891. The van der Waals surface area contributed by atoms with E-state index in [0.29, 0.717) is 23.5 Å². The van der Waals surface area contributed by atoms with Crippen molar-refractivity contribution < 1.29 is 42.0 Å². The summed E-state index contributed by atoms with van der Waals surface area (Å²) >= 11 is 1.07. The Morgan fingerprint density at radius 3 is 2.32 bits per heavy atom. The molecule has 1 aromatic carbocycles. The second-order valence-corrected chi connectivity index (χ2v) is 16.9. The Morgan fingerprint density at radius 2 is 1.82 bits per heavy atom. The fraction of sp³-hybridized carbons (Fsp3) is 0.600. The molecule has 0 bridgehead atoms. The van der Waals surface area contributed by atoms with E-state index in [1.807, 2.05) is 12.1 Å². The highest BCUT2D eigenvalue weighted by Gasteiger charge is 2.64. The van der Waals surface area contributed by atoms with E-state index in [4.69, 9.17) is 13.3 Å². The van der Waals surface area contributed by atoms with Crippen molar-refractivity contribution in [2.75, 3.05) is 7.11 Å². The Hall–Kier alpha value is -0.193. The molecule has 0 aromatic heterocycles. The van der Waals surface area contributed by atoms with Crippen molar-refractivity contribution in [2.24, 2.45) is 0 Å². The molecule has 28 heavy (non-hydrogen) atoms. The van der Waals surface area contributed by atoms with Gasteiger partial charge < -0.3 is 32.9 Å². The topological polar surface area (TPSA) is 143 Å². The van der Waals surface area contributed by atoms with Crippen molar-refractivity contribution in [1.29, 1.82) is 0 Å². The van der Waals surface area contributed by atoms with Crippen LogP contribution in [0.1, 0.15) is 18.4 Å². The summed E-state index contributed by atoms with van der Waals surface area (Å²) in [7, 11) is -12.0. The van der Waals surface area contributed by atoms with Crippen LogP contribution in [0.4, 0.5) is 0 Å². The van der Waals surface area contributed by atoms with Crippen molar-refractivity contribution in [3.05, 3.63) is 23.8 Å². The Labute approximate surface area is 169 Å². The van der Waals surface area contributed by atoms with Gasteiger partial charge in [0.2, 0.25) is 0 Å². The molecule has 1 aliphatic heterocycles. The van der Waals surface area contributed by atoms with Crippen LogP contribution in [0.3, 0.4) is 0 Å². The molecule has 1 heterocycles. The maximum absolute atomic E-state index is 12.3. The molecule has 13 heteroatoms. The first-order valence-corrected chi connectivity index (χ1v) is 15.9. The lowest BCUT2D eigenvalue weighted by atomic mass is 10.0. The maximum Gasteiger partial charge on any atom is 0.368 e. The molecule has 0 fully saturated rings. The molecule has 0 radical (unpaired) electrons. The molecule has 0 saturated carbocycles. The van der Waals surface area contributed by atoms with Crippen LogP contribution in [-0.4, -0.2) is 46.2 Å². The van der Waals surface area contributed by atoms with E-state index in [9.17, 15) is 28.7 Å². The first-order valence-electron chi connectivity index (χ1n) is 8.51. The zero-order valence-corrected chi connectivity index (χ0v) is 19.7. The number of ether oxygens (including phenoxy) is 1. The number of aryl methyl sites for hydroxylation is 1. The van der Waals surface area contributed by atoms with Gasteiger partial charge in [-0.3, -0.25) is 9.13 Å². The summed E-state index contributed by atoms with van der Waals surface area (Å²) < 4.78 is 41.1. The molecule has 9 nitrogen and oxygen atoms in total. The molecule has 1 atom stereocenters. The minimum Gasteiger partial charge on any atom is -0.489 e. The lowest BCUT2D eigenvalue weighted by Crippen LogP contribution is -2.46. The number of rotatable bonds is 8. The van der Waals surface area contributed by atoms with Gasteiger partial charge in [-0.25, -0.2) is 0 Å². The molecule has 0 aliphatic carbocycles. The van der Waals surface area contributed by atoms with E-state index >= 15 is 0 Å². The van der Waals surface area contributed by atoms with E-state index in [1.165, 1.54) is 7.11 Å². The van der Waals surface area contributed by atoms with E-state index in [0.717, 1.165) is 17.6 Å². The van der Waals surface area contributed by atoms with Crippen LogP contribution in [0.15, 0.2) is 23.1 Å². The van der Waals surface area contributed by atoms with Gasteiger partial charge in [0.1, 0.15) is 11.9 Å². The Kier molecular flexibility index (Phi) is 7.32. The molecule has 2 rings (SSSR count). The standard InChI is InChI=1S/C15H26O9P2SSi/c1-22-27-13-7-5-6-11-8-9-12(23-14(11)13)10-15(25(16,17)18,26(19,20)21)24-28(2,3)4/h5-7,12H,8-10H2,1-4H3,(H2,16,17,18)(H2,19,20,21). The fourth-order valence-corrected chi connectivity index (χ4v) is 9.56. The van der Waals surface area contributed by atoms with Crippen LogP contribution >= 0.6 is 27.2 Å². The van der Waals surface area contributed by atoms with Crippen molar-refractivity contribution in [1.82, 2.24) is 0 Å². The molecular formula is C15H26O9P2SSi. The van der Waals surface area contributed by atoms with Gasteiger partial charge in [-0.05, 0) is 44.1 Å². The molecule has 4 N–H and O–H groups in total. The summed E-state index contributed by atoms with van der Waals surface area (Å²) in [5.74, 6) is 0.490. The smallest absolute Gasteiger partial charge is 0.368 e. The van der Waals surface area contributed by atoms with Crippen LogP contribution in [0.25, 0.3) is 0 Å². The Bertz CT molecular complexity index is 779. The number of benzene rings is 1. The number of para-hydroxylation sites is 1. The fourth-order valence-electron chi connectivity index (χ4n) is 3.09. The highest BCUT2D eigenvalue weighted by atomic mass is 32.2. The first-order chi connectivity index (χ1) is 12.7. The van der Waals surface area contributed by atoms with Crippen molar-refractivity contribution in [3.63, 3.8) is 0 Å². The summed E-state index contributed by atoms with van der Waals surface area (Å²) in [5, 5.41) is -2.93. The number of hydrogen-bond acceptors (Lipinski definition) is 6. The zero-order chi connectivity index (χ0) is 21.4. The summed E-state index contributed by atoms with van der Waals surface area (Å²) in [6.45, 7) is 4.83. The zero-order valence-electron chi connectivity index (χ0n) is 16.1. The third kappa shape index (κ3) is 5.29. The van der Waals surface area contributed by atoms with Gasteiger partial charge in [0.15, 0.2) is 8.32 Å². The average Bonchev–Trinajstić information content (AvgIpc) is 2.51. The molecule has 0 amide bonds. The minimum absolute atomic E-state index is 0.338. The molecule has 0 saturated heterocycles. The number of fused-ring (bicyclic) bond motifs is 1. The predicted octanol–water partition coefficient (Wildman–Crippen LogP) is 3.28. The van der Waals surface area contributed by atoms with Crippen LogP contribution in [-0.2, 0) is 24.2 Å². The Morgan fingerprint density at radius 1 is 1.21 bits per heavy atom. The van der Waals surface area contributed by atoms with Crippen LogP contribution in [0, 0.1) is 0 Å². The van der Waals surface area contributed by atoms with Crippen molar-refractivity contribution >= 4 is 35.6 Å². The molecular weight excluding hydrogens is 446 g/mol. The van der Waals surface area contributed by atoms with E-state index in [1.54, 1.807) is 25.7 Å². The van der Waals surface area contributed by atoms with Gasteiger partial charge in [0, 0.05) is 18.5 Å². The SMILES string of the molecule is COSc1cccc2c1OC(CC(O[Si](C)(C)C)(P(=O)(O)O)P(=O)(O)O)CC2. The van der Waals surface area contributed by atoms with Gasteiger partial charge in [-0.1, -0.05) is 12.1 Å². The lowest BCUT2D eigenvalue weighted by molar-refractivity contribution is 0.0738. The largest absolute Gasteiger partial charge is 0.489 e.